The summed E-state index contributed by atoms with van der Waals surface area (Å²) in [6.07, 6.45) is 96.9. The molecule has 0 aromatic heterocycles. The Bertz CT molecular complexity index is 1660. The molecular formula is C77H132O6. The van der Waals surface area contributed by atoms with E-state index in [1.807, 2.05) is 0 Å². The summed E-state index contributed by atoms with van der Waals surface area (Å²) >= 11 is 0. The molecule has 0 bridgehead atoms. The summed E-state index contributed by atoms with van der Waals surface area (Å²) < 4.78 is 16.9. The van der Waals surface area contributed by atoms with Gasteiger partial charge < -0.3 is 14.2 Å². The van der Waals surface area contributed by atoms with Crippen LogP contribution < -0.4 is 0 Å². The number of hydrogen-bond acceptors (Lipinski definition) is 6. The summed E-state index contributed by atoms with van der Waals surface area (Å²) in [5.41, 5.74) is 0. The fourth-order valence-corrected chi connectivity index (χ4v) is 9.95. The predicted molar refractivity (Wildman–Crippen MR) is 362 cm³/mol. The number of carbonyl (C=O) groups is 3. The molecule has 0 heterocycles. The van der Waals surface area contributed by atoms with Gasteiger partial charge in [-0.1, -0.05) is 310 Å². The minimum atomic E-state index is -0.809. The molecule has 0 aromatic carbocycles. The van der Waals surface area contributed by atoms with E-state index in [9.17, 15) is 14.4 Å². The normalized spacial score (nSPS) is 12.8. The van der Waals surface area contributed by atoms with Gasteiger partial charge in [-0.3, -0.25) is 14.4 Å². The topological polar surface area (TPSA) is 78.9 Å². The molecule has 0 rings (SSSR count). The first-order valence-corrected chi connectivity index (χ1v) is 35.4. The van der Waals surface area contributed by atoms with Crippen molar-refractivity contribution >= 4 is 17.9 Å². The van der Waals surface area contributed by atoms with E-state index in [1.165, 1.54) is 199 Å². The Labute approximate surface area is 514 Å². The maximum absolute atomic E-state index is 13.0. The molecule has 83 heavy (non-hydrogen) atoms. The number of allylic oxidation sites excluding steroid dienone is 18. The van der Waals surface area contributed by atoms with Crippen molar-refractivity contribution in [1.29, 1.82) is 0 Å². The number of ether oxygens (including phenoxy) is 3. The molecule has 0 aliphatic rings. The van der Waals surface area contributed by atoms with Crippen LogP contribution in [0.25, 0.3) is 0 Å². The van der Waals surface area contributed by atoms with Crippen LogP contribution in [0.1, 0.15) is 342 Å². The first-order chi connectivity index (χ1) is 41.0. The van der Waals surface area contributed by atoms with Crippen LogP contribution in [0.3, 0.4) is 0 Å². The summed E-state index contributed by atoms with van der Waals surface area (Å²) in [5.74, 6) is -0.955. The Kier molecular flexibility index (Phi) is 67.2. The van der Waals surface area contributed by atoms with Crippen LogP contribution in [-0.2, 0) is 28.6 Å². The van der Waals surface area contributed by atoms with Crippen LogP contribution in [0.2, 0.25) is 0 Å². The molecule has 0 saturated carbocycles. The van der Waals surface area contributed by atoms with Crippen molar-refractivity contribution < 1.29 is 28.6 Å². The molecule has 476 valence electrons. The van der Waals surface area contributed by atoms with Crippen molar-refractivity contribution in [3.8, 4) is 0 Å². The second-order valence-electron chi connectivity index (χ2n) is 23.4. The van der Waals surface area contributed by atoms with Gasteiger partial charge in [-0.15, -0.1) is 0 Å². The Morgan fingerprint density at radius 2 is 0.482 bits per heavy atom. The standard InChI is InChI=1S/C77H132O6/c1-4-7-10-13-16-19-22-25-28-31-33-35-37-38-40-41-43-46-49-52-55-58-61-64-67-70-76(79)82-73-74(72-81-75(78)69-66-63-60-57-54-51-48-45-30-27-24-21-18-15-12-9-6-3)83-77(80)71-68-65-62-59-56-53-50-47-44-42-39-36-34-32-29-26-23-20-17-14-11-8-5-2/h9,12,18,21,23,26-27,30-34,39,42,48,51,57,60,74H,4-8,10-11,13-17,19-20,22,24-25,28-29,35-38,40-41,43-47,49-50,52-56,58-59,61-73H2,1-3H3/b12-9-,21-18-,26-23-,30-27-,33-31-,34-32-,42-39-,51-48-,60-57-. The third-order valence-electron chi connectivity index (χ3n) is 15.2. The third-order valence-corrected chi connectivity index (χ3v) is 15.2. The Morgan fingerprint density at radius 3 is 0.795 bits per heavy atom. The van der Waals surface area contributed by atoms with Gasteiger partial charge in [0.05, 0.1) is 0 Å². The van der Waals surface area contributed by atoms with Crippen LogP contribution in [0.5, 0.6) is 0 Å². The summed E-state index contributed by atoms with van der Waals surface area (Å²) in [6.45, 7) is 6.50. The fourth-order valence-electron chi connectivity index (χ4n) is 9.95. The zero-order valence-corrected chi connectivity index (χ0v) is 54.7. The van der Waals surface area contributed by atoms with Gasteiger partial charge in [-0.2, -0.15) is 0 Å². The molecule has 0 N–H and O–H groups in total. The Balaban J connectivity index is 4.41. The minimum Gasteiger partial charge on any atom is -0.462 e. The van der Waals surface area contributed by atoms with E-state index in [2.05, 4.69) is 130 Å². The number of esters is 3. The van der Waals surface area contributed by atoms with Crippen LogP contribution in [-0.4, -0.2) is 37.2 Å². The number of unbranched alkanes of at least 4 members (excludes halogenated alkanes) is 35. The van der Waals surface area contributed by atoms with Gasteiger partial charge in [0.25, 0.3) is 0 Å². The lowest BCUT2D eigenvalue weighted by atomic mass is 10.0. The first-order valence-electron chi connectivity index (χ1n) is 35.4. The van der Waals surface area contributed by atoms with Gasteiger partial charge in [0.2, 0.25) is 0 Å². The molecule has 6 nitrogen and oxygen atoms in total. The molecule has 1 unspecified atom stereocenters. The average molecular weight is 1150 g/mol. The quantitative estimate of drug-likeness (QED) is 0.0261. The molecule has 0 fully saturated rings. The summed E-state index contributed by atoms with van der Waals surface area (Å²) in [7, 11) is 0. The molecule has 0 saturated heterocycles. The van der Waals surface area contributed by atoms with Crippen molar-refractivity contribution in [2.24, 2.45) is 0 Å². The highest BCUT2D eigenvalue weighted by atomic mass is 16.6. The number of carbonyl (C=O) groups excluding carboxylic acids is 3. The van der Waals surface area contributed by atoms with Gasteiger partial charge in [-0.05, 0) is 122 Å². The van der Waals surface area contributed by atoms with Crippen LogP contribution in [0.4, 0.5) is 0 Å². The van der Waals surface area contributed by atoms with E-state index in [1.54, 1.807) is 0 Å². The minimum absolute atomic E-state index is 0.0985. The van der Waals surface area contributed by atoms with Crippen LogP contribution in [0.15, 0.2) is 109 Å². The highest BCUT2D eigenvalue weighted by Gasteiger charge is 2.19. The van der Waals surface area contributed by atoms with Crippen LogP contribution in [0, 0.1) is 0 Å². The average Bonchev–Trinajstić information content (AvgIpc) is 3.49. The van der Waals surface area contributed by atoms with Gasteiger partial charge in [0.15, 0.2) is 6.10 Å². The smallest absolute Gasteiger partial charge is 0.306 e. The second-order valence-corrected chi connectivity index (χ2v) is 23.4. The maximum atomic E-state index is 13.0. The largest absolute Gasteiger partial charge is 0.462 e. The van der Waals surface area contributed by atoms with Crippen molar-refractivity contribution in [2.75, 3.05) is 13.2 Å². The van der Waals surface area contributed by atoms with E-state index in [0.29, 0.717) is 19.3 Å². The zero-order valence-electron chi connectivity index (χ0n) is 54.7. The molecule has 0 aliphatic heterocycles. The molecule has 0 amide bonds. The summed E-state index contributed by atoms with van der Waals surface area (Å²) in [6, 6.07) is 0. The van der Waals surface area contributed by atoms with E-state index < -0.39 is 6.10 Å². The Morgan fingerprint density at radius 1 is 0.253 bits per heavy atom. The predicted octanol–water partition coefficient (Wildman–Crippen LogP) is 24.6. The molecule has 0 spiro atoms. The van der Waals surface area contributed by atoms with E-state index >= 15 is 0 Å². The summed E-state index contributed by atoms with van der Waals surface area (Å²) in [4.78, 5) is 38.5. The van der Waals surface area contributed by atoms with Gasteiger partial charge in [0, 0.05) is 19.3 Å². The zero-order chi connectivity index (χ0) is 59.9. The van der Waals surface area contributed by atoms with Crippen LogP contribution >= 0.6 is 0 Å². The highest BCUT2D eigenvalue weighted by molar-refractivity contribution is 5.71. The Hall–Kier alpha value is -3.93. The van der Waals surface area contributed by atoms with E-state index in [4.69, 9.17) is 14.2 Å². The summed E-state index contributed by atoms with van der Waals surface area (Å²) in [5, 5.41) is 0. The number of rotatable bonds is 64. The molecule has 0 aromatic rings. The van der Waals surface area contributed by atoms with E-state index in [0.717, 1.165) is 96.3 Å². The maximum Gasteiger partial charge on any atom is 0.306 e. The third kappa shape index (κ3) is 68.7. The lowest BCUT2D eigenvalue weighted by Crippen LogP contribution is -2.30. The monoisotopic (exact) mass is 1150 g/mol. The lowest BCUT2D eigenvalue weighted by Gasteiger charge is -2.18. The lowest BCUT2D eigenvalue weighted by molar-refractivity contribution is -0.167. The molecule has 0 aliphatic carbocycles. The van der Waals surface area contributed by atoms with Crippen molar-refractivity contribution in [2.45, 2.75) is 348 Å². The van der Waals surface area contributed by atoms with Crippen molar-refractivity contribution in [1.82, 2.24) is 0 Å². The van der Waals surface area contributed by atoms with Gasteiger partial charge in [-0.25, -0.2) is 0 Å². The van der Waals surface area contributed by atoms with Crippen molar-refractivity contribution in [3.05, 3.63) is 109 Å². The number of hydrogen-bond donors (Lipinski definition) is 0. The van der Waals surface area contributed by atoms with Gasteiger partial charge in [0.1, 0.15) is 13.2 Å². The molecule has 1 atom stereocenters. The van der Waals surface area contributed by atoms with E-state index in [-0.39, 0.29) is 37.5 Å². The van der Waals surface area contributed by atoms with Gasteiger partial charge >= 0.3 is 17.9 Å². The first kappa shape index (κ1) is 79.1. The van der Waals surface area contributed by atoms with Crippen molar-refractivity contribution in [3.63, 3.8) is 0 Å². The SMILES string of the molecule is CC/C=C\C/C=C\C/C=C\C/C=C\C/C=C\CCCC(=O)OCC(COC(=O)CCCCCCCCCCCCCCC/C=C\CCCCCCCCCC)OC(=O)CCCCCCCCCC/C=C\C/C=C\C/C=C\CCCCCCC. The highest BCUT2D eigenvalue weighted by Crippen LogP contribution is 2.17. The fraction of sp³-hybridized carbons (Fsp3) is 0.727. The molecule has 0 radical (unpaired) electrons. The second kappa shape index (κ2) is 70.6. The molecule has 6 heteroatoms. The molecular weight excluding hydrogens is 1020 g/mol.